The number of anilines is 1. The summed E-state index contributed by atoms with van der Waals surface area (Å²) < 4.78 is 11.9. The summed E-state index contributed by atoms with van der Waals surface area (Å²) in [6.07, 6.45) is 4.52. The number of nitrogens with two attached hydrogens (primary N) is 1. The number of methoxy groups -OCH3 is 1. The van der Waals surface area contributed by atoms with Crippen molar-refractivity contribution < 1.29 is 14.3 Å². The number of ether oxygens (including phenoxy) is 2. The molecule has 11 heteroatoms. The van der Waals surface area contributed by atoms with Gasteiger partial charge in [-0.15, -0.1) is 0 Å². The van der Waals surface area contributed by atoms with Crippen LogP contribution in [0.5, 0.6) is 6.01 Å². The predicted octanol–water partition coefficient (Wildman–Crippen LogP) is 2.95. The van der Waals surface area contributed by atoms with Gasteiger partial charge in [0.2, 0.25) is 0 Å². The van der Waals surface area contributed by atoms with Crippen molar-refractivity contribution in [1.82, 2.24) is 29.7 Å². The first-order chi connectivity index (χ1) is 20.0. The number of H-pyrrole nitrogens is 1. The Balaban J connectivity index is 1.18. The molecule has 0 aliphatic carbocycles. The van der Waals surface area contributed by atoms with E-state index in [1.165, 1.54) is 23.0 Å². The molecule has 1 fully saturated rings. The molecule has 0 spiro atoms. The van der Waals surface area contributed by atoms with Crippen LogP contribution < -0.4 is 21.5 Å². The Kier molecular flexibility index (Phi) is 9.27. The molecule has 0 radical (unpaired) electrons. The average Bonchev–Trinajstić information content (AvgIpc) is 3.30. The molecule has 0 bridgehead atoms. The van der Waals surface area contributed by atoms with Gasteiger partial charge < -0.3 is 25.5 Å². The van der Waals surface area contributed by atoms with E-state index in [0.717, 1.165) is 31.5 Å². The van der Waals surface area contributed by atoms with E-state index in [1.54, 1.807) is 19.2 Å². The third-order valence-electron chi connectivity index (χ3n) is 7.45. The van der Waals surface area contributed by atoms with E-state index in [2.05, 4.69) is 49.4 Å². The third-order valence-corrected chi connectivity index (χ3v) is 7.45. The molecular formula is C30H37N7O4. The van der Waals surface area contributed by atoms with Crippen LogP contribution in [-0.4, -0.2) is 69.8 Å². The number of carbonyl (C=O) groups is 1. The van der Waals surface area contributed by atoms with Gasteiger partial charge in [-0.1, -0.05) is 48.9 Å². The summed E-state index contributed by atoms with van der Waals surface area (Å²) in [6.45, 7) is 3.53. The van der Waals surface area contributed by atoms with Crippen LogP contribution in [0.1, 0.15) is 47.2 Å². The van der Waals surface area contributed by atoms with Gasteiger partial charge >= 0.3 is 11.7 Å². The molecule has 2 aromatic heterocycles. The van der Waals surface area contributed by atoms with Gasteiger partial charge in [-0.25, -0.2) is 4.79 Å². The number of hydrogen-bond acceptors (Lipinski definition) is 8. The average molecular weight is 560 g/mol. The highest BCUT2D eigenvalue weighted by Crippen LogP contribution is 2.22. The van der Waals surface area contributed by atoms with Crippen molar-refractivity contribution in [3.05, 3.63) is 81.8 Å². The zero-order valence-electron chi connectivity index (χ0n) is 23.3. The minimum Gasteiger partial charge on any atom is -0.461 e. The number of amides is 1. The van der Waals surface area contributed by atoms with Gasteiger partial charge in [0.05, 0.1) is 13.2 Å². The minimum absolute atomic E-state index is 0.0724. The van der Waals surface area contributed by atoms with Crippen molar-refractivity contribution in [1.29, 1.82) is 0 Å². The maximum Gasteiger partial charge on any atom is 0.328 e. The Bertz CT molecular complexity index is 1500. The highest BCUT2D eigenvalue weighted by molar-refractivity contribution is 5.94. The molecule has 1 atom stereocenters. The van der Waals surface area contributed by atoms with Crippen molar-refractivity contribution in [2.45, 2.75) is 44.8 Å². The zero-order chi connectivity index (χ0) is 28.6. The van der Waals surface area contributed by atoms with E-state index in [4.69, 9.17) is 15.2 Å². The van der Waals surface area contributed by atoms with Crippen LogP contribution in [0.25, 0.3) is 11.2 Å². The fourth-order valence-electron chi connectivity index (χ4n) is 5.27. The predicted molar refractivity (Wildman–Crippen MR) is 157 cm³/mol. The van der Waals surface area contributed by atoms with Gasteiger partial charge in [-0.05, 0) is 49.1 Å². The van der Waals surface area contributed by atoms with Gasteiger partial charge in [-0.2, -0.15) is 9.97 Å². The highest BCUT2D eigenvalue weighted by Gasteiger charge is 2.22. The maximum atomic E-state index is 12.9. The second-order valence-corrected chi connectivity index (χ2v) is 10.3. The van der Waals surface area contributed by atoms with Crippen LogP contribution >= 0.6 is 0 Å². The maximum absolute atomic E-state index is 12.9. The molecule has 0 saturated carbocycles. The van der Waals surface area contributed by atoms with Crippen LogP contribution in [0.2, 0.25) is 0 Å². The molecule has 216 valence electrons. The van der Waals surface area contributed by atoms with Crippen LogP contribution in [-0.2, 0) is 17.8 Å². The number of aromatic nitrogens is 4. The number of piperidine rings is 1. The molecule has 1 aliphatic heterocycles. The standard InChI is InChI=1S/C30H37N7O4/c1-40-17-18-41-29-34-26(31)25-27(35-29)37(30(39)33-25)20-22-10-12-23(13-11-22)28(38)32-15-14-24-9-5-6-16-36(24)19-21-7-3-2-4-8-21/h2-4,7-8,10-13,24H,5-6,9,14-20H2,1H3,(H,32,38)(H,33,39)(H2,31,34,35). The number of nitrogens with zero attached hydrogens (tertiary/aromatic N) is 4. The van der Waals surface area contributed by atoms with E-state index < -0.39 is 0 Å². The first-order valence-electron chi connectivity index (χ1n) is 14.0. The molecule has 1 saturated heterocycles. The summed E-state index contributed by atoms with van der Waals surface area (Å²) >= 11 is 0. The van der Waals surface area contributed by atoms with Crippen molar-refractivity contribution >= 4 is 22.9 Å². The first kappa shape index (κ1) is 28.3. The zero-order valence-corrected chi connectivity index (χ0v) is 23.3. The lowest BCUT2D eigenvalue weighted by atomic mass is 9.98. The molecule has 2 aromatic carbocycles. The van der Waals surface area contributed by atoms with E-state index in [9.17, 15) is 9.59 Å². The first-order valence-corrected chi connectivity index (χ1v) is 14.0. The summed E-state index contributed by atoms with van der Waals surface area (Å²) in [4.78, 5) is 39.3. The molecule has 1 unspecified atom stereocenters. The van der Waals surface area contributed by atoms with E-state index in [-0.39, 0.29) is 36.6 Å². The second-order valence-electron chi connectivity index (χ2n) is 10.3. The van der Waals surface area contributed by atoms with Crippen LogP contribution in [0.3, 0.4) is 0 Å². The van der Waals surface area contributed by atoms with E-state index in [0.29, 0.717) is 35.9 Å². The summed E-state index contributed by atoms with van der Waals surface area (Å²) in [7, 11) is 1.57. The smallest absolute Gasteiger partial charge is 0.328 e. The lowest BCUT2D eigenvalue weighted by Crippen LogP contribution is -2.41. The number of benzene rings is 2. The minimum atomic E-state index is -0.360. The number of imidazole rings is 1. The topological polar surface area (TPSA) is 140 Å². The van der Waals surface area contributed by atoms with Crippen molar-refractivity contribution in [3.63, 3.8) is 0 Å². The quantitative estimate of drug-likeness (QED) is 0.225. The number of hydrogen-bond donors (Lipinski definition) is 3. The number of fused-ring (bicyclic) bond motifs is 1. The number of likely N-dealkylation sites (tertiary alicyclic amines) is 1. The third kappa shape index (κ3) is 7.11. The molecule has 1 amide bonds. The summed E-state index contributed by atoms with van der Waals surface area (Å²) in [6, 6.07) is 18.3. The molecule has 5 rings (SSSR count). The van der Waals surface area contributed by atoms with E-state index in [1.807, 2.05) is 18.2 Å². The van der Waals surface area contributed by atoms with Gasteiger partial charge in [-0.3, -0.25) is 14.3 Å². The molecule has 41 heavy (non-hydrogen) atoms. The lowest BCUT2D eigenvalue weighted by Gasteiger charge is -2.36. The fraction of sp³-hybridized carbons (Fsp3) is 0.400. The Morgan fingerprint density at radius 1 is 1.05 bits per heavy atom. The Morgan fingerprint density at radius 2 is 1.83 bits per heavy atom. The van der Waals surface area contributed by atoms with Crippen molar-refractivity contribution in [2.24, 2.45) is 0 Å². The molecular weight excluding hydrogens is 522 g/mol. The highest BCUT2D eigenvalue weighted by atomic mass is 16.5. The summed E-state index contributed by atoms with van der Waals surface area (Å²) in [5, 5.41) is 3.08. The number of aromatic amines is 1. The van der Waals surface area contributed by atoms with Gasteiger partial charge in [0, 0.05) is 31.8 Å². The monoisotopic (exact) mass is 559 g/mol. The van der Waals surface area contributed by atoms with E-state index >= 15 is 0 Å². The van der Waals surface area contributed by atoms with Crippen molar-refractivity contribution in [3.8, 4) is 6.01 Å². The van der Waals surface area contributed by atoms with Crippen LogP contribution in [0.15, 0.2) is 59.4 Å². The van der Waals surface area contributed by atoms with Crippen LogP contribution in [0.4, 0.5) is 5.82 Å². The number of carbonyl (C=O) groups excluding carboxylic acids is 1. The SMILES string of the molecule is COCCOc1nc(N)c2[nH]c(=O)n(Cc3ccc(C(=O)NCCC4CCCCN4Cc4ccccc4)cc3)c2n1. The molecule has 4 aromatic rings. The molecule has 3 heterocycles. The van der Waals surface area contributed by atoms with Gasteiger partial charge in [0.1, 0.15) is 12.1 Å². The van der Waals surface area contributed by atoms with Crippen LogP contribution in [0, 0.1) is 0 Å². The Hall–Kier alpha value is -4.22. The molecule has 4 N–H and O–H groups in total. The number of nitrogens with one attached hydrogen (secondary N) is 2. The number of nitrogen functional groups attached to an aromatic ring is 1. The van der Waals surface area contributed by atoms with Crippen molar-refractivity contribution in [2.75, 3.05) is 39.1 Å². The van der Waals surface area contributed by atoms with Gasteiger partial charge in [0.25, 0.3) is 5.91 Å². The largest absolute Gasteiger partial charge is 0.461 e. The molecule has 11 nitrogen and oxygen atoms in total. The lowest BCUT2D eigenvalue weighted by molar-refractivity contribution is 0.0937. The molecule has 1 aliphatic rings. The summed E-state index contributed by atoms with van der Waals surface area (Å²) in [5.74, 6) is 0.0197. The Labute approximate surface area is 238 Å². The van der Waals surface area contributed by atoms with Gasteiger partial charge in [0.15, 0.2) is 11.5 Å². The fourth-order valence-corrected chi connectivity index (χ4v) is 5.27. The Morgan fingerprint density at radius 3 is 2.61 bits per heavy atom. The summed E-state index contributed by atoms with van der Waals surface area (Å²) in [5.41, 5.74) is 9.10. The number of rotatable bonds is 12. The second kappa shape index (κ2) is 13.4. The normalized spacial score (nSPS) is 15.7.